The number of rotatable bonds is 5. The number of nitrogen functional groups attached to an aromatic ring is 1. The van der Waals surface area contributed by atoms with Crippen molar-refractivity contribution in [2.75, 3.05) is 17.7 Å². The summed E-state index contributed by atoms with van der Waals surface area (Å²) in [4.78, 5) is 0. The summed E-state index contributed by atoms with van der Waals surface area (Å²) < 4.78 is 20.0. The van der Waals surface area contributed by atoms with Crippen molar-refractivity contribution in [1.29, 1.82) is 0 Å². The lowest BCUT2D eigenvalue weighted by Gasteiger charge is -2.14. The molecule has 0 bridgehead atoms. The van der Waals surface area contributed by atoms with Crippen LogP contribution in [-0.4, -0.2) is 6.61 Å². The summed E-state index contributed by atoms with van der Waals surface area (Å²) in [6.07, 6.45) is 0.901. The highest BCUT2D eigenvalue weighted by Gasteiger charge is 2.08. The van der Waals surface area contributed by atoms with Gasteiger partial charge in [-0.2, -0.15) is 0 Å². The van der Waals surface area contributed by atoms with E-state index in [0.29, 0.717) is 33.9 Å². The van der Waals surface area contributed by atoms with Crippen molar-refractivity contribution in [1.82, 2.24) is 0 Å². The molecule has 0 heterocycles. The number of anilines is 3. The maximum atomic E-state index is 13.8. The Bertz CT molecular complexity index is 604. The smallest absolute Gasteiger partial charge is 0.147 e. The van der Waals surface area contributed by atoms with Crippen LogP contribution in [0.4, 0.5) is 21.5 Å². The molecule has 0 fully saturated rings. The van der Waals surface area contributed by atoms with Gasteiger partial charge in [-0.15, -0.1) is 0 Å². The molecule has 5 heteroatoms. The van der Waals surface area contributed by atoms with Crippen LogP contribution in [0.15, 0.2) is 40.9 Å². The van der Waals surface area contributed by atoms with Crippen molar-refractivity contribution in [3.63, 3.8) is 0 Å². The van der Waals surface area contributed by atoms with E-state index in [1.807, 2.05) is 13.0 Å². The van der Waals surface area contributed by atoms with Crippen LogP contribution in [0.5, 0.6) is 5.75 Å². The van der Waals surface area contributed by atoms with Crippen molar-refractivity contribution in [3.8, 4) is 5.75 Å². The van der Waals surface area contributed by atoms with Crippen molar-refractivity contribution < 1.29 is 9.13 Å². The van der Waals surface area contributed by atoms with Gasteiger partial charge in [0.2, 0.25) is 0 Å². The minimum Gasteiger partial charge on any atom is -0.491 e. The predicted octanol–water partition coefficient (Wildman–Crippen LogP) is 4.70. The van der Waals surface area contributed by atoms with Crippen molar-refractivity contribution in [3.05, 3.63) is 46.7 Å². The molecule has 2 rings (SSSR count). The first kappa shape index (κ1) is 14.7. The topological polar surface area (TPSA) is 47.3 Å². The van der Waals surface area contributed by atoms with E-state index in [1.54, 1.807) is 24.3 Å². The second-order valence-corrected chi connectivity index (χ2v) is 5.23. The van der Waals surface area contributed by atoms with E-state index in [-0.39, 0.29) is 5.82 Å². The third-order valence-electron chi connectivity index (χ3n) is 2.73. The molecule has 2 aromatic carbocycles. The highest BCUT2D eigenvalue weighted by molar-refractivity contribution is 9.10. The molecule has 0 aliphatic heterocycles. The maximum absolute atomic E-state index is 13.8. The Morgan fingerprint density at radius 1 is 1.25 bits per heavy atom. The quantitative estimate of drug-likeness (QED) is 0.776. The van der Waals surface area contributed by atoms with Gasteiger partial charge in [-0.25, -0.2) is 4.39 Å². The molecular weight excluding hydrogens is 323 g/mol. The van der Waals surface area contributed by atoms with Gasteiger partial charge in [-0.1, -0.05) is 28.9 Å². The molecule has 0 amide bonds. The Labute approximate surface area is 126 Å². The molecule has 106 valence electrons. The van der Waals surface area contributed by atoms with E-state index in [2.05, 4.69) is 21.2 Å². The van der Waals surface area contributed by atoms with Gasteiger partial charge in [0.1, 0.15) is 11.6 Å². The first-order chi connectivity index (χ1) is 9.61. The standard InChI is InChI=1S/C15H16BrFN2O/c1-2-8-20-14-5-3-4-13(15(14)18)19-12-7-6-10(16)9-11(12)17/h3-7,9,19H,2,8,18H2,1H3. The molecule has 3 N–H and O–H groups in total. The molecule has 0 saturated heterocycles. The summed E-state index contributed by atoms with van der Waals surface area (Å²) in [5.41, 5.74) is 7.50. The lowest BCUT2D eigenvalue weighted by atomic mass is 10.2. The zero-order valence-corrected chi connectivity index (χ0v) is 12.7. The molecule has 0 aromatic heterocycles. The van der Waals surface area contributed by atoms with Crippen LogP contribution >= 0.6 is 15.9 Å². The Hall–Kier alpha value is -1.75. The van der Waals surface area contributed by atoms with Gasteiger partial charge < -0.3 is 15.8 Å². The highest BCUT2D eigenvalue weighted by Crippen LogP contribution is 2.32. The van der Waals surface area contributed by atoms with E-state index < -0.39 is 0 Å². The average Bonchev–Trinajstić information content (AvgIpc) is 2.42. The van der Waals surface area contributed by atoms with Crippen LogP contribution in [0, 0.1) is 5.82 Å². The zero-order valence-electron chi connectivity index (χ0n) is 11.1. The second-order valence-electron chi connectivity index (χ2n) is 4.32. The number of benzene rings is 2. The van der Waals surface area contributed by atoms with Gasteiger partial charge in [-0.3, -0.25) is 0 Å². The second kappa shape index (κ2) is 6.61. The Balaban J connectivity index is 2.24. The van der Waals surface area contributed by atoms with Crippen molar-refractivity contribution >= 4 is 33.0 Å². The number of para-hydroxylation sites is 1. The maximum Gasteiger partial charge on any atom is 0.147 e. The monoisotopic (exact) mass is 338 g/mol. The largest absolute Gasteiger partial charge is 0.491 e. The summed E-state index contributed by atoms with van der Waals surface area (Å²) in [6, 6.07) is 10.2. The SMILES string of the molecule is CCCOc1cccc(Nc2ccc(Br)cc2F)c1N. The minimum atomic E-state index is -0.348. The fourth-order valence-corrected chi connectivity index (χ4v) is 2.06. The Morgan fingerprint density at radius 2 is 2.05 bits per heavy atom. The third-order valence-corrected chi connectivity index (χ3v) is 3.22. The van der Waals surface area contributed by atoms with E-state index in [9.17, 15) is 4.39 Å². The van der Waals surface area contributed by atoms with Gasteiger partial charge >= 0.3 is 0 Å². The summed E-state index contributed by atoms with van der Waals surface area (Å²) in [7, 11) is 0. The molecule has 2 aromatic rings. The number of hydrogen-bond donors (Lipinski definition) is 2. The number of nitrogens with one attached hydrogen (secondary N) is 1. The van der Waals surface area contributed by atoms with Gasteiger partial charge in [0.25, 0.3) is 0 Å². The molecule has 0 spiro atoms. The van der Waals surface area contributed by atoms with Crippen LogP contribution in [0.1, 0.15) is 13.3 Å². The molecule has 0 unspecified atom stereocenters. The van der Waals surface area contributed by atoms with Crippen molar-refractivity contribution in [2.45, 2.75) is 13.3 Å². The van der Waals surface area contributed by atoms with Gasteiger partial charge in [-0.05, 0) is 36.8 Å². The fraction of sp³-hybridized carbons (Fsp3) is 0.200. The number of halogens is 2. The van der Waals surface area contributed by atoms with Gasteiger partial charge in [0.05, 0.1) is 23.7 Å². The Kier molecular flexibility index (Phi) is 4.84. The van der Waals surface area contributed by atoms with Crippen LogP contribution in [-0.2, 0) is 0 Å². The predicted molar refractivity (Wildman–Crippen MR) is 84.0 cm³/mol. The number of hydrogen-bond acceptors (Lipinski definition) is 3. The third kappa shape index (κ3) is 3.42. The Morgan fingerprint density at radius 3 is 2.75 bits per heavy atom. The van der Waals surface area contributed by atoms with E-state index in [1.165, 1.54) is 6.07 Å². The molecule has 0 saturated carbocycles. The molecule has 3 nitrogen and oxygen atoms in total. The van der Waals surface area contributed by atoms with Gasteiger partial charge in [0, 0.05) is 4.47 Å². The van der Waals surface area contributed by atoms with E-state index >= 15 is 0 Å². The van der Waals surface area contributed by atoms with Crippen LogP contribution in [0.2, 0.25) is 0 Å². The molecule has 0 radical (unpaired) electrons. The summed E-state index contributed by atoms with van der Waals surface area (Å²) in [6.45, 7) is 2.62. The molecular formula is C15H16BrFN2O. The minimum absolute atomic E-state index is 0.348. The number of nitrogens with two attached hydrogens (primary N) is 1. The van der Waals surface area contributed by atoms with Gasteiger partial charge in [0.15, 0.2) is 0 Å². The molecule has 0 aliphatic rings. The highest BCUT2D eigenvalue weighted by atomic mass is 79.9. The van der Waals surface area contributed by atoms with E-state index in [0.717, 1.165) is 6.42 Å². The zero-order chi connectivity index (χ0) is 14.5. The summed E-state index contributed by atoms with van der Waals surface area (Å²) in [5, 5.41) is 2.98. The summed E-state index contributed by atoms with van der Waals surface area (Å²) in [5.74, 6) is 0.257. The van der Waals surface area contributed by atoms with Crippen LogP contribution in [0.25, 0.3) is 0 Å². The van der Waals surface area contributed by atoms with Crippen LogP contribution in [0.3, 0.4) is 0 Å². The molecule has 20 heavy (non-hydrogen) atoms. The van der Waals surface area contributed by atoms with E-state index in [4.69, 9.17) is 10.5 Å². The first-order valence-corrected chi connectivity index (χ1v) is 7.14. The fourth-order valence-electron chi connectivity index (χ4n) is 1.73. The normalized spacial score (nSPS) is 10.3. The van der Waals surface area contributed by atoms with Crippen LogP contribution < -0.4 is 15.8 Å². The molecule has 0 atom stereocenters. The van der Waals surface area contributed by atoms with Crippen molar-refractivity contribution in [2.24, 2.45) is 0 Å². The average molecular weight is 339 g/mol. The summed E-state index contributed by atoms with van der Waals surface area (Å²) >= 11 is 3.22. The lowest BCUT2D eigenvalue weighted by Crippen LogP contribution is -2.03. The molecule has 0 aliphatic carbocycles. The lowest BCUT2D eigenvalue weighted by molar-refractivity contribution is 0.319. The first-order valence-electron chi connectivity index (χ1n) is 6.35. The number of ether oxygens (including phenoxy) is 1.